The number of hydrogen-bond acceptors (Lipinski definition) is 4. The zero-order chi connectivity index (χ0) is 15.3. The first-order valence-electron chi connectivity index (χ1n) is 7.51. The van der Waals surface area contributed by atoms with Crippen molar-refractivity contribution in [2.75, 3.05) is 11.9 Å². The lowest BCUT2D eigenvalue weighted by Gasteiger charge is -2.25. The Hall–Kier alpha value is -1.16. The van der Waals surface area contributed by atoms with Gasteiger partial charge in [-0.15, -0.1) is 0 Å². The van der Waals surface area contributed by atoms with Crippen LogP contribution in [0.25, 0.3) is 0 Å². The van der Waals surface area contributed by atoms with Crippen molar-refractivity contribution in [3.63, 3.8) is 0 Å². The molecule has 0 saturated heterocycles. The summed E-state index contributed by atoms with van der Waals surface area (Å²) in [5.74, 6) is 2.55. The van der Waals surface area contributed by atoms with E-state index in [1.54, 1.807) is 0 Å². The highest BCUT2D eigenvalue weighted by molar-refractivity contribution is 5.36. The van der Waals surface area contributed by atoms with Gasteiger partial charge in [0.05, 0.1) is 5.60 Å². The summed E-state index contributed by atoms with van der Waals surface area (Å²) in [6, 6.07) is 1.92. The van der Waals surface area contributed by atoms with E-state index in [4.69, 9.17) is 0 Å². The zero-order valence-electron chi connectivity index (χ0n) is 13.7. The van der Waals surface area contributed by atoms with E-state index in [0.717, 1.165) is 30.2 Å². The van der Waals surface area contributed by atoms with E-state index in [1.807, 2.05) is 19.9 Å². The Morgan fingerprint density at radius 3 is 2.45 bits per heavy atom. The number of hydrogen-bond donors (Lipinski definition) is 2. The average Bonchev–Trinajstić information content (AvgIpc) is 2.34. The monoisotopic (exact) mass is 279 g/mol. The molecule has 114 valence electrons. The minimum atomic E-state index is -0.707. The summed E-state index contributed by atoms with van der Waals surface area (Å²) < 4.78 is 0. The fourth-order valence-corrected chi connectivity index (χ4v) is 1.91. The van der Waals surface area contributed by atoms with Gasteiger partial charge in [-0.25, -0.2) is 9.97 Å². The van der Waals surface area contributed by atoms with Crippen molar-refractivity contribution in [3.05, 3.63) is 17.6 Å². The Labute approximate surface area is 123 Å². The average molecular weight is 279 g/mol. The molecule has 0 fully saturated rings. The normalized spacial score (nSPS) is 14.7. The van der Waals surface area contributed by atoms with Crippen LogP contribution in [0.15, 0.2) is 6.07 Å². The number of aliphatic hydroxyl groups is 1. The minimum Gasteiger partial charge on any atom is -0.388 e. The van der Waals surface area contributed by atoms with Gasteiger partial charge in [-0.05, 0) is 32.6 Å². The van der Waals surface area contributed by atoms with E-state index >= 15 is 0 Å². The summed E-state index contributed by atoms with van der Waals surface area (Å²) in [7, 11) is 0. The second kappa shape index (κ2) is 7.02. The summed E-state index contributed by atoms with van der Waals surface area (Å²) in [6.45, 7) is 12.9. The SMILES string of the molecule is Cc1cc(NCC(C)(O)CCC(C)C)nc(C(C)C)n1. The maximum Gasteiger partial charge on any atom is 0.133 e. The van der Waals surface area contributed by atoms with Crippen LogP contribution < -0.4 is 5.32 Å². The maximum atomic E-state index is 10.4. The van der Waals surface area contributed by atoms with Crippen LogP contribution in [-0.2, 0) is 0 Å². The number of nitrogens with one attached hydrogen (secondary N) is 1. The quantitative estimate of drug-likeness (QED) is 0.802. The van der Waals surface area contributed by atoms with Crippen LogP contribution in [0.5, 0.6) is 0 Å². The Bertz CT molecular complexity index is 428. The van der Waals surface area contributed by atoms with Crippen LogP contribution in [0.1, 0.15) is 64.9 Å². The molecule has 20 heavy (non-hydrogen) atoms. The molecule has 2 N–H and O–H groups in total. The molecule has 1 rings (SSSR count). The molecule has 1 atom stereocenters. The Morgan fingerprint density at radius 2 is 1.90 bits per heavy atom. The molecular weight excluding hydrogens is 250 g/mol. The molecule has 0 aromatic carbocycles. The third-order valence-corrected chi connectivity index (χ3v) is 3.30. The van der Waals surface area contributed by atoms with Crippen LogP contribution in [0, 0.1) is 12.8 Å². The van der Waals surface area contributed by atoms with Gasteiger partial charge >= 0.3 is 0 Å². The summed E-state index contributed by atoms with van der Waals surface area (Å²) in [4.78, 5) is 8.92. The third-order valence-electron chi connectivity index (χ3n) is 3.30. The summed E-state index contributed by atoms with van der Waals surface area (Å²) in [5, 5.41) is 13.6. The molecular formula is C16H29N3O. The van der Waals surface area contributed by atoms with Gasteiger partial charge in [0.2, 0.25) is 0 Å². The molecule has 0 aliphatic rings. The van der Waals surface area contributed by atoms with E-state index in [-0.39, 0.29) is 0 Å². The van der Waals surface area contributed by atoms with Crippen molar-refractivity contribution in [2.45, 2.75) is 65.9 Å². The first kappa shape index (κ1) is 16.9. The van der Waals surface area contributed by atoms with E-state index in [0.29, 0.717) is 18.4 Å². The first-order valence-corrected chi connectivity index (χ1v) is 7.51. The van der Waals surface area contributed by atoms with Crippen LogP contribution in [-0.4, -0.2) is 27.2 Å². The third kappa shape index (κ3) is 5.87. The van der Waals surface area contributed by atoms with Crippen molar-refractivity contribution in [1.82, 2.24) is 9.97 Å². The Kier molecular flexibility index (Phi) is 5.93. The van der Waals surface area contributed by atoms with Crippen LogP contribution >= 0.6 is 0 Å². The molecule has 0 amide bonds. The van der Waals surface area contributed by atoms with Crippen molar-refractivity contribution >= 4 is 5.82 Å². The lowest BCUT2D eigenvalue weighted by molar-refractivity contribution is 0.0585. The predicted octanol–water partition coefficient (Wildman–Crippen LogP) is 3.51. The molecule has 0 aliphatic carbocycles. The first-order chi connectivity index (χ1) is 9.19. The Balaban J connectivity index is 2.65. The van der Waals surface area contributed by atoms with Gasteiger partial charge in [0.1, 0.15) is 11.6 Å². The summed E-state index contributed by atoms with van der Waals surface area (Å²) in [6.07, 6.45) is 1.81. The second-order valence-corrected chi connectivity index (χ2v) is 6.69. The highest BCUT2D eigenvalue weighted by Crippen LogP contribution is 2.18. The maximum absolute atomic E-state index is 10.4. The summed E-state index contributed by atoms with van der Waals surface area (Å²) >= 11 is 0. The Morgan fingerprint density at radius 1 is 1.25 bits per heavy atom. The molecule has 1 aromatic rings. The fourth-order valence-electron chi connectivity index (χ4n) is 1.91. The van der Waals surface area contributed by atoms with Gasteiger partial charge in [0, 0.05) is 24.2 Å². The molecule has 1 aromatic heterocycles. The number of rotatable bonds is 7. The molecule has 0 radical (unpaired) electrons. The van der Waals surface area contributed by atoms with Gasteiger partial charge < -0.3 is 10.4 Å². The topological polar surface area (TPSA) is 58.0 Å². The lowest BCUT2D eigenvalue weighted by atomic mass is 9.95. The minimum absolute atomic E-state index is 0.303. The molecule has 4 nitrogen and oxygen atoms in total. The molecule has 4 heteroatoms. The van der Waals surface area contributed by atoms with Gasteiger partial charge in [0.15, 0.2) is 0 Å². The number of aryl methyl sites for hydroxylation is 1. The van der Waals surface area contributed by atoms with Crippen molar-refractivity contribution < 1.29 is 5.11 Å². The summed E-state index contributed by atoms with van der Waals surface area (Å²) in [5.41, 5.74) is 0.245. The highest BCUT2D eigenvalue weighted by atomic mass is 16.3. The van der Waals surface area contributed by atoms with E-state index in [9.17, 15) is 5.11 Å². The second-order valence-electron chi connectivity index (χ2n) is 6.69. The van der Waals surface area contributed by atoms with Gasteiger partial charge in [0.25, 0.3) is 0 Å². The molecule has 0 spiro atoms. The van der Waals surface area contributed by atoms with E-state index in [2.05, 4.69) is 43.0 Å². The largest absolute Gasteiger partial charge is 0.388 e. The van der Waals surface area contributed by atoms with Crippen molar-refractivity contribution in [3.8, 4) is 0 Å². The highest BCUT2D eigenvalue weighted by Gasteiger charge is 2.20. The fraction of sp³-hybridized carbons (Fsp3) is 0.750. The van der Waals surface area contributed by atoms with Crippen molar-refractivity contribution in [1.29, 1.82) is 0 Å². The van der Waals surface area contributed by atoms with E-state index < -0.39 is 5.60 Å². The molecule has 0 saturated carbocycles. The van der Waals surface area contributed by atoms with Crippen LogP contribution in [0.2, 0.25) is 0 Å². The number of aromatic nitrogens is 2. The molecule has 0 bridgehead atoms. The van der Waals surface area contributed by atoms with Crippen LogP contribution in [0.4, 0.5) is 5.82 Å². The molecule has 1 unspecified atom stereocenters. The van der Waals surface area contributed by atoms with Gasteiger partial charge in [-0.1, -0.05) is 27.7 Å². The number of nitrogens with zero attached hydrogens (tertiary/aromatic N) is 2. The number of anilines is 1. The van der Waals surface area contributed by atoms with Crippen LogP contribution in [0.3, 0.4) is 0 Å². The smallest absolute Gasteiger partial charge is 0.133 e. The zero-order valence-corrected chi connectivity index (χ0v) is 13.7. The van der Waals surface area contributed by atoms with Gasteiger partial charge in [-0.2, -0.15) is 0 Å². The predicted molar refractivity (Wildman–Crippen MR) is 84.0 cm³/mol. The van der Waals surface area contributed by atoms with E-state index in [1.165, 1.54) is 0 Å². The molecule has 0 aliphatic heterocycles. The molecule has 1 heterocycles. The van der Waals surface area contributed by atoms with Gasteiger partial charge in [-0.3, -0.25) is 0 Å². The lowest BCUT2D eigenvalue weighted by Crippen LogP contribution is -2.34. The van der Waals surface area contributed by atoms with Crippen molar-refractivity contribution in [2.24, 2.45) is 5.92 Å². The standard InChI is InChI=1S/C16H29N3O/c1-11(2)7-8-16(6,20)10-17-14-9-13(5)18-15(19-14)12(3)4/h9,11-12,20H,7-8,10H2,1-6H3,(H,17,18,19).